The van der Waals surface area contributed by atoms with Crippen LogP contribution in [-0.2, 0) is 16.2 Å². The molecule has 6 unspecified atom stereocenters. The Kier molecular flexibility index (Phi) is 10.4. The molecule has 14 aromatic rings. The molecule has 5 aliphatic carbocycles. The summed E-state index contributed by atoms with van der Waals surface area (Å²) in [5, 5.41) is 4.73. The number of hydrogen-bond donors (Lipinski definition) is 0. The Morgan fingerprint density at radius 2 is 0.977 bits per heavy atom. The molecule has 3 heterocycles. The van der Waals surface area contributed by atoms with E-state index in [1.54, 1.807) is 11.1 Å². The molecule has 3 fully saturated rings. The lowest BCUT2D eigenvalue weighted by Gasteiger charge is -2.63. The molecule has 0 saturated heterocycles. The second-order valence-electron chi connectivity index (χ2n) is 25.8. The van der Waals surface area contributed by atoms with Crippen molar-refractivity contribution in [2.45, 2.75) is 73.5 Å². The summed E-state index contributed by atoms with van der Waals surface area (Å²) in [5.41, 5.74) is 24.9. The molecule has 3 aromatic heterocycles. The van der Waals surface area contributed by atoms with Gasteiger partial charge in [-0.1, -0.05) is 219 Å². The minimum Gasteiger partial charge on any atom is -0.456 e. The molecule has 0 N–H and O–H groups in total. The van der Waals surface area contributed by atoms with Crippen LogP contribution in [0.25, 0.3) is 123 Å². The average Bonchev–Trinajstić information content (AvgIpc) is 1.52. The Labute approximate surface area is 505 Å². The standard InChI is InChI=1S/C82H59N3O2/c1-49-18-5-6-23-57(49)61-25-10-13-31-67(61)82-43-17-42-80-46-56(47-81(79(80)82)48-69(82)63-27-8-7-24-60(63)62-26-9-12-30-66(62)81)58-29-16-33-72-73(58)74-68(80)40-39-59(75(74)87-72)51-34-36-52(37-35-51)76-83-77(54-22-15-21-53(44-54)50-19-3-2-4-20-50)85-78(84-76)55-38-41-71-65(45-55)64-28-11-14-32-70(64)86-71/h2-16,18-41,44-45,56,69,79H,17,42-43,46-48H2,1H3. The van der Waals surface area contributed by atoms with Crippen LogP contribution in [0.1, 0.15) is 83.7 Å². The fraction of sp³-hybridized carbons (Fsp3) is 0.159. The van der Waals surface area contributed by atoms with Gasteiger partial charge in [0.15, 0.2) is 17.5 Å². The van der Waals surface area contributed by atoms with E-state index in [1.807, 2.05) is 18.2 Å². The summed E-state index contributed by atoms with van der Waals surface area (Å²) in [7, 11) is 0. The van der Waals surface area contributed by atoms with Gasteiger partial charge in [-0.3, -0.25) is 0 Å². The zero-order valence-electron chi connectivity index (χ0n) is 48.3. The monoisotopic (exact) mass is 1120 g/mol. The van der Waals surface area contributed by atoms with Crippen LogP contribution in [0.15, 0.2) is 258 Å². The number of para-hydroxylation sites is 1. The van der Waals surface area contributed by atoms with Gasteiger partial charge in [-0.2, -0.15) is 0 Å². The second kappa shape index (κ2) is 18.3. The van der Waals surface area contributed by atoms with Crippen LogP contribution in [-0.4, -0.2) is 15.0 Å². The maximum absolute atomic E-state index is 7.41. The molecule has 3 saturated carbocycles. The number of nitrogens with zero attached hydrogens (tertiary/aromatic N) is 3. The van der Waals surface area contributed by atoms with Crippen molar-refractivity contribution in [2.24, 2.45) is 5.92 Å². The van der Waals surface area contributed by atoms with Crippen molar-refractivity contribution >= 4 is 43.9 Å². The molecule has 87 heavy (non-hydrogen) atoms. The highest BCUT2D eigenvalue weighted by Crippen LogP contribution is 2.80. The number of benzene rings is 11. The highest BCUT2D eigenvalue weighted by molar-refractivity contribution is 6.14. The van der Waals surface area contributed by atoms with Gasteiger partial charge in [0.05, 0.1) is 0 Å². The van der Waals surface area contributed by atoms with Gasteiger partial charge in [-0.05, 0) is 166 Å². The molecular formula is C82H59N3O2. The number of furan rings is 2. The lowest BCUT2D eigenvalue weighted by molar-refractivity contribution is 0.00450. The van der Waals surface area contributed by atoms with Crippen LogP contribution < -0.4 is 0 Å². The van der Waals surface area contributed by atoms with E-state index in [2.05, 4.69) is 237 Å². The van der Waals surface area contributed by atoms with E-state index < -0.39 is 0 Å². The lowest BCUT2D eigenvalue weighted by Crippen LogP contribution is -2.60. The van der Waals surface area contributed by atoms with Gasteiger partial charge in [0.25, 0.3) is 0 Å². The summed E-state index contributed by atoms with van der Waals surface area (Å²) in [6.45, 7) is 2.30. The van der Waals surface area contributed by atoms with Crippen LogP contribution in [0.5, 0.6) is 0 Å². The van der Waals surface area contributed by atoms with Gasteiger partial charge in [-0.25, -0.2) is 15.0 Å². The predicted octanol–water partition coefficient (Wildman–Crippen LogP) is 21.0. The van der Waals surface area contributed by atoms with Crippen molar-refractivity contribution in [2.75, 3.05) is 0 Å². The number of rotatable bonds is 7. The SMILES string of the molecule is Cc1ccccc1-c1ccccc1C12CCCC34CC(CC5(CC1c1ccccc1-c1ccccc15)C32)c1cccc2oc3c(-c5ccc(-c6nc(-c7cccc(-c8ccccc8)c7)nc(-c7ccc8oc9ccccc9c8c7)n6)cc5)ccc4c3c12. The van der Waals surface area contributed by atoms with E-state index in [0.717, 1.165) is 111 Å². The third-order valence-electron chi connectivity index (χ3n) is 21.8. The first kappa shape index (κ1) is 49.3. The van der Waals surface area contributed by atoms with Crippen LogP contribution in [0, 0.1) is 12.8 Å². The summed E-state index contributed by atoms with van der Waals surface area (Å²) in [6, 6.07) is 92.3. The number of aromatic nitrogens is 3. The number of fused-ring (bicyclic) bond motifs is 9. The van der Waals surface area contributed by atoms with E-state index in [9.17, 15) is 0 Å². The minimum atomic E-state index is -0.161. The minimum absolute atomic E-state index is 0.105. The molecule has 19 rings (SSSR count). The highest BCUT2D eigenvalue weighted by Gasteiger charge is 2.74. The Bertz CT molecular complexity index is 5190. The maximum Gasteiger partial charge on any atom is 0.164 e. The summed E-state index contributed by atoms with van der Waals surface area (Å²) in [5.74, 6) is 2.79. The number of hydrogen-bond acceptors (Lipinski definition) is 5. The van der Waals surface area contributed by atoms with E-state index in [0.29, 0.717) is 35.2 Å². The zero-order valence-corrected chi connectivity index (χ0v) is 48.3. The second-order valence-corrected chi connectivity index (χ2v) is 25.8. The fourth-order valence-electron chi connectivity index (χ4n) is 18.8. The Balaban J connectivity index is 0.792. The molecule has 0 amide bonds. The molecule has 414 valence electrons. The van der Waals surface area contributed by atoms with Crippen molar-refractivity contribution in [3.63, 3.8) is 0 Å². The first-order valence-electron chi connectivity index (χ1n) is 31.2. The molecule has 1 spiro atoms. The van der Waals surface area contributed by atoms with Gasteiger partial charge in [0.1, 0.15) is 22.3 Å². The lowest BCUT2D eigenvalue weighted by atomic mass is 9.39. The average molecular weight is 1120 g/mol. The quantitative estimate of drug-likeness (QED) is 0.159. The van der Waals surface area contributed by atoms with Crippen LogP contribution in [0.2, 0.25) is 0 Å². The Morgan fingerprint density at radius 3 is 1.82 bits per heavy atom. The third-order valence-corrected chi connectivity index (χ3v) is 21.8. The molecule has 11 aromatic carbocycles. The topological polar surface area (TPSA) is 65.0 Å². The normalized spacial score (nSPS) is 22.1. The van der Waals surface area contributed by atoms with Crippen LogP contribution in [0.4, 0.5) is 0 Å². The van der Waals surface area contributed by atoms with Crippen molar-refractivity contribution in [1.82, 2.24) is 15.0 Å². The molecule has 0 aliphatic heterocycles. The van der Waals surface area contributed by atoms with Crippen molar-refractivity contribution < 1.29 is 8.83 Å². The maximum atomic E-state index is 7.41. The van der Waals surface area contributed by atoms with Crippen molar-refractivity contribution in [1.29, 1.82) is 0 Å². The van der Waals surface area contributed by atoms with Gasteiger partial charge in [0.2, 0.25) is 0 Å². The highest BCUT2D eigenvalue weighted by atomic mass is 16.3. The fourth-order valence-corrected chi connectivity index (χ4v) is 18.8. The van der Waals surface area contributed by atoms with E-state index in [1.165, 1.54) is 55.3 Å². The summed E-state index contributed by atoms with van der Waals surface area (Å²) in [6.07, 6.45) is 6.81. The van der Waals surface area contributed by atoms with Gasteiger partial charge in [-0.15, -0.1) is 0 Å². The first-order chi connectivity index (χ1) is 42.9. The summed E-state index contributed by atoms with van der Waals surface area (Å²) >= 11 is 0. The smallest absolute Gasteiger partial charge is 0.164 e. The zero-order chi connectivity index (χ0) is 57.2. The van der Waals surface area contributed by atoms with E-state index >= 15 is 0 Å². The largest absolute Gasteiger partial charge is 0.456 e. The molecular weight excluding hydrogens is 1060 g/mol. The van der Waals surface area contributed by atoms with Crippen LogP contribution >= 0.6 is 0 Å². The van der Waals surface area contributed by atoms with Crippen molar-refractivity contribution in [3.05, 3.63) is 282 Å². The number of aryl methyl sites for hydroxylation is 1. The first-order valence-corrected chi connectivity index (χ1v) is 31.2. The Hall–Kier alpha value is -9.97. The molecule has 6 atom stereocenters. The third kappa shape index (κ3) is 6.88. The summed E-state index contributed by atoms with van der Waals surface area (Å²) < 4.78 is 13.7. The van der Waals surface area contributed by atoms with Gasteiger partial charge < -0.3 is 8.83 Å². The summed E-state index contributed by atoms with van der Waals surface area (Å²) in [4.78, 5) is 15.8. The molecule has 5 heteroatoms. The van der Waals surface area contributed by atoms with E-state index in [-0.39, 0.29) is 16.2 Å². The molecule has 0 radical (unpaired) electrons. The van der Waals surface area contributed by atoms with E-state index in [4.69, 9.17) is 23.8 Å². The van der Waals surface area contributed by atoms with Crippen LogP contribution in [0.3, 0.4) is 0 Å². The molecule has 5 aliphatic rings. The van der Waals surface area contributed by atoms with Gasteiger partial charge >= 0.3 is 0 Å². The molecule has 5 nitrogen and oxygen atoms in total. The molecule has 4 bridgehead atoms. The van der Waals surface area contributed by atoms with Gasteiger partial charge in [0, 0.05) is 60.0 Å². The van der Waals surface area contributed by atoms with Crippen molar-refractivity contribution in [3.8, 4) is 78.7 Å². The predicted molar refractivity (Wildman–Crippen MR) is 352 cm³/mol. The Morgan fingerprint density at radius 1 is 0.368 bits per heavy atom.